The molecule has 1 saturated heterocycles. The molecule has 168 valence electrons. The van der Waals surface area contributed by atoms with Crippen LogP contribution in [0.15, 0.2) is 54.6 Å². The third-order valence-electron chi connectivity index (χ3n) is 5.31. The topological polar surface area (TPSA) is 137 Å². The number of carbonyl (C=O) groups excluding carboxylic acids is 1. The molecule has 0 saturated carbocycles. The Morgan fingerprint density at radius 2 is 1.65 bits per heavy atom. The van der Waals surface area contributed by atoms with Crippen molar-refractivity contribution in [1.82, 2.24) is 0 Å². The highest BCUT2D eigenvalue weighted by atomic mass is 16.7. The first kappa shape index (κ1) is 23.3. The minimum Gasteiger partial charge on any atom is -0.462 e. The molecule has 1 heterocycles. The molecule has 5 N–H and O–H groups in total. The number of aliphatic hydroxyl groups is 5. The number of rotatable bonds is 9. The van der Waals surface area contributed by atoms with Crippen molar-refractivity contribution in [1.29, 1.82) is 0 Å². The van der Waals surface area contributed by atoms with Gasteiger partial charge in [-0.25, -0.2) is 0 Å². The van der Waals surface area contributed by atoms with Gasteiger partial charge < -0.3 is 35.0 Å². The molecule has 6 unspecified atom stereocenters. The van der Waals surface area contributed by atoms with Crippen molar-refractivity contribution in [3.8, 4) is 5.75 Å². The first-order valence-corrected chi connectivity index (χ1v) is 10.2. The molecule has 0 aliphatic carbocycles. The quantitative estimate of drug-likeness (QED) is 0.360. The lowest BCUT2D eigenvalue weighted by molar-refractivity contribution is -0.277. The summed E-state index contributed by atoms with van der Waals surface area (Å²) >= 11 is 0. The highest BCUT2D eigenvalue weighted by molar-refractivity contribution is 5.96. The van der Waals surface area contributed by atoms with Crippen LogP contribution in [0, 0.1) is 0 Å². The molecule has 0 amide bonds. The predicted molar refractivity (Wildman–Crippen MR) is 111 cm³/mol. The Hall–Kier alpha value is -2.33. The summed E-state index contributed by atoms with van der Waals surface area (Å²) in [7, 11) is 0. The van der Waals surface area contributed by atoms with Crippen molar-refractivity contribution >= 4 is 5.78 Å². The molecule has 3 rings (SSSR count). The van der Waals surface area contributed by atoms with Crippen LogP contribution in [0.5, 0.6) is 5.75 Å². The van der Waals surface area contributed by atoms with Crippen LogP contribution in [0.25, 0.3) is 0 Å². The van der Waals surface area contributed by atoms with Gasteiger partial charge in [0.15, 0.2) is 5.78 Å². The minimum absolute atomic E-state index is 0.000250. The number of aliphatic hydroxyl groups excluding tert-OH is 5. The van der Waals surface area contributed by atoms with E-state index < -0.39 is 43.4 Å². The van der Waals surface area contributed by atoms with Crippen molar-refractivity contribution in [2.24, 2.45) is 0 Å². The van der Waals surface area contributed by atoms with E-state index in [2.05, 4.69) is 0 Å². The predicted octanol–water partition coefficient (Wildman–Crippen LogP) is 0.432. The Bertz CT molecular complexity index is 823. The van der Waals surface area contributed by atoms with Gasteiger partial charge in [-0.05, 0) is 42.7 Å². The molecule has 31 heavy (non-hydrogen) atoms. The van der Waals surface area contributed by atoms with Crippen LogP contribution < -0.4 is 4.74 Å². The maximum atomic E-state index is 12.4. The van der Waals surface area contributed by atoms with Crippen molar-refractivity contribution < 1.29 is 39.8 Å². The van der Waals surface area contributed by atoms with E-state index in [-0.39, 0.29) is 18.0 Å². The number of Topliss-reactive ketones (excluding diaryl/α,β-unsaturated/α-hetero) is 1. The fourth-order valence-corrected chi connectivity index (χ4v) is 3.43. The Morgan fingerprint density at radius 3 is 2.29 bits per heavy atom. The van der Waals surface area contributed by atoms with Gasteiger partial charge in [-0.1, -0.05) is 30.3 Å². The van der Waals surface area contributed by atoms with Gasteiger partial charge in [0.1, 0.15) is 30.2 Å². The Kier molecular flexibility index (Phi) is 8.14. The van der Waals surface area contributed by atoms with E-state index in [1.807, 2.05) is 30.3 Å². The average molecular weight is 432 g/mol. The first-order valence-electron chi connectivity index (χ1n) is 10.2. The van der Waals surface area contributed by atoms with Crippen LogP contribution in [-0.4, -0.2) is 74.7 Å². The van der Waals surface area contributed by atoms with Crippen LogP contribution in [0.2, 0.25) is 0 Å². The van der Waals surface area contributed by atoms with E-state index in [1.165, 1.54) is 24.3 Å². The van der Waals surface area contributed by atoms with Crippen LogP contribution in [0.4, 0.5) is 0 Å². The Balaban J connectivity index is 1.52. The number of aryl methyl sites for hydroxylation is 1. The van der Waals surface area contributed by atoms with E-state index in [4.69, 9.17) is 9.47 Å². The van der Waals surface area contributed by atoms with Crippen LogP contribution in [0.1, 0.15) is 28.8 Å². The fraction of sp³-hybridized carbons (Fsp3) is 0.435. The highest BCUT2D eigenvalue weighted by Crippen LogP contribution is 2.25. The summed E-state index contributed by atoms with van der Waals surface area (Å²) in [5.74, 6) is 0.0606. The lowest BCUT2D eigenvalue weighted by Gasteiger charge is -2.39. The Morgan fingerprint density at radius 1 is 0.968 bits per heavy atom. The lowest BCUT2D eigenvalue weighted by Crippen LogP contribution is -2.60. The minimum atomic E-state index is -1.53. The summed E-state index contributed by atoms with van der Waals surface area (Å²) in [4.78, 5) is 12.4. The summed E-state index contributed by atoms with van der Waals surface area (Å²) < 4.78 is 10.8. The molecule has 0 aromatic heterocycles. The second-order valence-corrected chi connectivity index (χ2v) is 7.64. The van der Waals surface area contributed by atoms with E-state index in [9.17, 15) is 30.3 Å². The van der Waals surface area contributed by atoms with Crippen LogP contribution >= 0.6 is 0 Å². The summed E-state index contributed by atoms with van der Waals surface area (Å²) in [6.07, 6.45) is -6.47. The van der Waals surface area contributed by atoms with Gasteiger partial charge in [0.05, 0.1) is 12.7 Å². The second-order valence-electron chi connectivity index (χ2n) is 7.64. The lowest BCUT2D eigenvalue weighted by atomic mass is 9.99. The number of hydrogen-bond acceptors (Lipinski definition) is 8. The van der Waals surface area contributed by atoms with Gasteiger partial charge in [0.25, 0.3) is 0 Å². The SMILES string of the molecule is O=C(CC(O)CCc1ccccc1)c1ccc(OC2OC(CO)C(O)C(O)C2O)cc1. The van der Waals surface area contributed by atoms with E-state index in [1.54, 1.807) is 0 Å². The average Bonchev–Trinajstić information content (AvgIpc) is 2.79. The van der Waals surface area contributed by atoms with E-state index in [0.717, 1.165) is 5.56 Å². The summed E-state index contributed by atoms with van der Waals surface area (Å²) in [5, 5.41) is 49.1. The molecule has 0 spiro atoms. The zero-order valence-electron chi connectivity index (χ0n) is 16.9. The second kappa shape index (κ2) is 10.8. The van der Waals surface area contributed by atoms with Crippen molar-refractivity contribution in [2.45, 2.75) is 56.1 Å². The molecule has 1 aliphatic heterocycles. The molecule has 1 aliphatic rings. The fourth-order valence-electron chi connectivity index (χ4n) is 3.43. The van der Waals surface area contributed by atoms with Crippen LogP contribution in [-0.2, 0) is 11.2 Å². The zero-order chi connectivity index (χ0) is 22.4. The number of benzene rings is 2. The van der Waals surface area contributed by atoms with E-state index >= 15 is 0 Å². The number of carbonyl (C=O) groups is 1. The Labute approximate surface area is 180 Å². The monoisotopic (exact) mass is 432 g/mol. The molecule has 2 aromatic carbocycles. The van der Waals surface area contributed by atoms with Crippen molar-refractivity contribution in [3.05, 3.63) is 65.7 Å². The zero-order valence-corrected chi connectivity index (χ0v) is 16.9. The molecule has 6 atom stereocenters. The number of hydrogen-bond donors (Lipinski definition) is 5. The van der Waals surface area contributed by atoms with Crippen molar-refractivity contribution in [2.75, 3.05) is 6.61 Å². The van der Waals surface area contributed by atoms with Gasteiger partial charge in [0, 0.05) is 12.0 Å². The van der Waals surface area contributed by atoms with Crippen molar-refractivity contribution in [3.63, 3.8) is 0 Å². The summed E-state index contributed by atoms with van der Waals surface area (Å²) in [6, 6.07) is 15.8. The maximum absolute atomic E-state index is 12.4. The van der Waals surface area contributed by atoms with Crippen LogP contribution in [0.3, 0.4) is 0 Å². The van der Waals surface area contributed by atoms with Gasteiger partial charge >= 0.3 is 0 Å². The summed E-state index contributed by atoms with van der Waals surface area (Å²) in [5.41, 5.74) is 1.50. The molecule has 1 fully saturated rings. The maximum Gasteiger partial charge on any atom is 0.229 e. The summed E-state index contributed by atoms with van der Waals surface area (Å²) in [6.45, 7) is -0.551. The van der Waals surface area contributed by atoms with E-state index in [0.29, 0.717) is 18.4 Å². The standard InChI is InChI=1S/C23H28O8/c24-13-19-20(27)21(28)22(29)23(31-19)30-17-10-7-15(8-11-17)18(26)12-16(25)9-6-14-4-2-1-3-5-14/h1-5,7-8,10-11,16,19-25,27-29H,6,9,12-13H2. The molecule has 0 bridgehead atoms. The number of ketones is 1. The molecule has 0 radical (unpaired) electrons. The largest absolute Gasteiger partial charge is 0.462 e. The first-order chi connectivity index (χ1) is 14.9. The van der Waals surface area contributed by atoms with Gasteiger partial charge in [-0.3, -0.25) is 4.79 Å². The molecular formula is C23H28O8. The van der Waals surface area contributed by atoms with Gasteiger partial charge in [-0.15, -0.1) is 0 Å². The molecular weight excluding hydrogens is 404 g/mol. The highest BCUT2D eigenvalue weighted by Gasteiger charge is 2.44. The third-order valence-corrected chi connectivity index (χ3v) is 5.31. The molecule has 8 nitrogen and oxygen atoms in total. The smallest absolute Gasteiger partial charge is 0.229 e. The third kappa shape index (κ3) is 6.10. The normalized spacial score (nSPS) is 26.9. The molecule has 8 heteroatoms. The van der Waals surface area contributed by atoms with Gasteiger partial charge in [-0.2, -0.15) is 0 Å². The number of ether oxygens (including phenoxy) is 2. The van der Waals surface area contributed by atoms with Gasteiger partial charge in [0.2, 0.25) is 6.29 Å². The molecule has 2 aromatic rings.